The molecule has 1 saturated heterocycles. The number of benzene rings is 3. The Morgan fingerprint density at radius 2 is 1.03 bits per heavy atom. The molecule has 1 aliphatic rings. The van der Waals surface area contributed by atoms with Gasteiger partial charge in [0.25, 0.3) is 0 Å². The molecule has 0 amide bonds. The Balaban J connectivity index is 1.55. The van der Waals surface area contributed by atoms with E-state index in [2.05, 4.69) is 50.2 Å². The van der Waals surface area contributed by atoms with E-state index in [9.17, 15) is 0 Å². The summed E-state index contributed by atoms with van der Waals surface area (Å²) in [6.07, 6.45) is -0.894. The van der Waals surface area contributed by atoms with Crippen LogP contribution >= 0.6 is 11.8 Å². The molecule has 0 radical (unpaired) electrons. The molecule has 0 bridgehead atoms. The van der Waals surface area contributed by atoms with Gasteiger partial charge in [-0.25, -0.2) is 0 Å². The SMILES string of the molecule is CCS[C@@H]1O[C@H](C)[C@H](OCc2ccccc2)[C@@H](OCc2ccccc2)[C@H]1OCc1ccccc1. The molecule has 1 aliphatic heterocycles. The average molecular weight is 479 g/mol. The zero-order valence-corrected chi connectivity index (χ0v) is 20.7. The van der Waals surface area contributed by atoms with Crippen LogP contribution in [0.15, 0.2) is 91.0 Å². The van der Waals surface area contributed by atoms with Crippen LogP contribution in [0.5, 0.6) is 0 Å². The minimum Gasteiger partial charge on any atom is -0.368 e. The molecule has 5 atom stereocenters. The van der Waals surface area contributed by atoms with Crippen LogP contribution in [0.1, 0.15) is 30.5 Å². The second-order valence-corrected chi connectivity index (χ2v) is 9.82. The Morgan fingerprint density at radius 1 is 0.618 bits per heavy atom. The van der Waals surface area contributed by atoms with Crippen molar-refractivity contribution >= 4 is 11.8 Å². The quantitative estimate of drug-likeness (QED) is 0.326. The maximum absolute atomic E-state index is 6.57. The number of thioether (sulfide) groups is 1. The highest BCUT2D eigenvalue weighted by molar-refractivity contribution is 7.99. The normalized spacial score (nSPS) is 24.7. The van der Waals surface area contributed by atoms with Gasteiger partial charge in [0.15, 0.2) is 0 Å². The Kier molecular flexibility index (Phi) is 9.60. The lowest BCUT2D eigenvalue weighted by atomic mass is 9.99. The van der Waals surface area contributed by atoms with E-state index in [1.807, 2.05) is 54.6 Å². The van der Waals surface area contributed by atoms with Gasteiger partial charge in [-0.15, -0.1) is 11.8 Å². The van der Waals surface area contributed by atoms with Crippen LogP contribution in [0, 0.1) is 0 Å². The lowest BCUT2D eigenvalue weighted by Crippen LogP contribution is -2.58. The molecule has 180 valence electrons. The Bertz CT molecular complexity index is 954. The second kappa shape index (κ2) is 13.1. The van der Waals surface area contributed by atoms with Gasteiger partial charge in [-0.05, 0) is 29.4 Å². The predicted molar refractivity (Wildman–Crippen MR) is 138 cm³/mol. The molecule has 0 aliphatic carbocycles. The Labute approximate surface area is 207 Å². The first kappa shape index (κ1) is 25.0. The third-order valence-electron chi connectivity index (χ3n) is 5.91. The van der Waals surface area contributed by atoms with Crippen molar-refractivity contribution in [2.75, 3.05) is 5.75 Å². The largest absolute Gasteiger partial charge is 0.368 e. The molecular formula is C29H34O4S. The summed E-state index contributed by atoms with van der Waals surface area (Å²) in [6, 6.07) is 30.7. The molecule has 0 spiro atoms. The van der Waals surface area contributed by atoms with Crippen molar-refractivity contribution in [3.8, 4) is 0 Å². The minimum atomic E-state index is -0.263. The van der Waals surface area contributed by atoms with Crippen molar-refractivity contribution in [3.63, 3.8) is 0 Å². The number of ether oxygens (including phenoxy) is 4. The van der Waals surface area contributed by atoms with Gasteiger partial charge in [0.1, 0.15) is 23.7 Å². The van der Waals surface area contributed by atoms with E-state index in [1.54, 1.807) is 11.8 Å². The van der Waals surface area contributed by atoms with Crippen molar-refractivity contribution in [1.82, 2.24) is 0 Å². The molecule has 0 saturated carbocycles. The van der Waals surface area contributed by atoms with Crippen LogP contribution in [0.2, 0.25) is 0 Å². The third-order valence-corrected chi connectivity index (χ3v) is 6.96. The fraction of sp³-hybridized carbons (Fsp3) is 0.379. The molecule has 34 heavy (non-hydrogen) atoms. The smallest absolute Gasteiger partial charge is 0.132 e. The maximum atomic E-state index is 6.57. The summed E-state index contributed by atoms with van der Waals surface area (Å²) < 4.78 is 26.0. The first-order chi connectivity index (χ1) is 16.7. The molecule has 1 heterocycles. The number of hydrogen-bond donors (Lipinski definition) is 0. The first-order valence-electron chi connectivity index (χ1n) is 12.0. The lowest BCUT2D eigenvalue weighted by molar-refractivity contribution is -0.242. The fourth-order valence-electron chi connectivity index (χ4n) is 4.17. The molecule has 3 aromatic carbocycles. The Hall–Kier alpha value is -2.15. The van der Waals surface area contributed by atoms with Gasteiger partial charge in [-0.2, -0.15) is 0 Å². The molecular weight excluding hydrogens is 444 g/mol. The van der Waals surface area contributed by atoms with Gasteiger partial charge < -0.3 is 18.9 Å². The van der Waals surface area contributed by atoms with E-state index < -0.39 is 0 Å². The van der Waals surface area contributed by atoms with Crippen LogP contribution in [-0.4, -0.2) is 35.6 Å². The van der Waals surface area contributed by atoms with Gasteiger partial charge in [0, 0.05) is 0 Å². The molecule has 1 fully saturated rings. The van der Waals surface area contributed by atoms with Crippen molar-refractivity contribution in [2.45, 2.75) is 63.5 Å². The first-order valence-corrected chi connectivity index (χ1v) is 13.0. The zero-order valence-electron chi connectivity index (χ0n) is 19.9. The average Bonchev–Trinajstić information content (AvgIpc) is 2.88. The highest BCUT2D eigenvalue weighted by atomic mass is 32.2. The van der Waals surface area contributed by atoms with Gasteiger partial charge in [0.05, 0.1) is 25.9 Å². The lowest BCUT2D eigenvalue weighted by Gasteiger charge is -2.45. The van der Waals surface area contributed by atoms with Gasteiger partial charge in [-0.1, -0.05) is 97.9 Å². The van der Waals surface area contributed by atoms with Crippen LogP contribution in [0.25, 0.3) is 0 Å². The minimum absolute atomic E-state index is 0.120. The summed E-state index contributed by atoms with van der Waals surface area (Å²) in [5.74, 6) is 0.934. The van der Waals surface area contributed by atoms with Crippen molar-refractivity contribution < 1.29 is 18.9 Å². The zero-order chi connectivity index (χ0) is 23.6. The van der Waals surface area contributed by atoms with Crippen LogP contribution in [0.4, 0.5) is 0 Å². The van der Waals surface area contributed by atoms with Crippen molar-refractivity contribution in [2.24, 2.45) is 0 Å². The predicted octanol–water partition coefficient (Wildman–Crippen LogP) is 6.24. The van der Waals surface area contributed by atoms with Crippen LogP contribution in [0.3, 0.4) is 0 Å². The number of rotatable bonds is 11. The monoisotopic (exact) mass is 478 g/mol. The topological polar surface area (TPSA) is 36.9 Å². The van der Waals surface area contributed by atoms with Crippen LogP contribution in [-0.2, 0) is 38.8 Å². The summed E-state index contributed by atoms with van der Waals surface area (Å²) in [4.78, 5) is 0. The fourth-order valence-corrected chi connectivity index (χ4v) is 5.17. The Morgan fingerprint density at radius 3 is 1.47 bits per heavy atom. The van der Waals surface area contributed by atoms with Gasteiger partial charge in [0.2, 0.25) is 0 Å². The second-order valence-electron chi connectivity index (χ2n) is 8.45. The maximum Gasteiger partial charge on any atom is 0.132 e. The number of hydrogen-bond acceptors (Lipinski definition) is 5. The van der Waals surface area contributed by atoms with E-state index in [-0.39, 0.29) is 29.9 Å². The van der Waals surface area contributed by atoms with Gasteiger partial charge >= 0.3 is 0 Å². The highest BCUT2D eigenvalue weighted by Gasteiger charge is 2.46. The summed E-state index contributed by atoms with van der Waals surface area (Å²) in [5, 5.41) is 0. The molecule has 0 aromatic heterocycles. The third kappa shape index (κ3) is 6.94. The van der Waals surface area contributed by atoms with E-state index >= 15 is 0 Å². The molecule has 4 nitrogen and oxygen atoms in total. The summed E-state index contributed by atoms with van der Waals surface area (Å²) in [5.41, 5.74) is 3.26. The molecule has 0 N–H and O–H groups in total. The summed E-state index contributed by atoms with van der Waals surface area (Å²) in [6.45, 7) is 5.72. The standard InChI is InChI=1S/C29H34O4S/c1-3-34-29-28(32-21-25-17-11-6-12-18-25)27(31-20-24-15-9-5-10-16-24)26(22(2)33-29)30-19-23-13-7-4-8-14-23/h4-18,22,26-29H,3,19-21H2,1-2H3/t22-,26+,27-,28-,29+/m1/s1. The van der Waals surface area contributed by atoms with E-state index in [0.29, 0.717) is 19.8 Å². The van der Waals surface area contributed by atoms with Crippen molar-refractivity contribution in [1.29, 1.82) is 0 Å². The summed E-state index contributed by atoms with van der Waals surface area (Å²) >= 11 is 1.76. The molecule has 3 aromatic rings. The van der Waals surface area contributed by atoms with Crippen LogP contribution < -0.4 is 0 Å². The molecule has 4 rings (SSSR count). The van der Waals surface area contributed by atoms with Crippen molar-refractivity contribution in [3.05, 3.63) is 108 Å². The molecule has 5 heteroatoms. The van der Waals surface area contributed by atoms with E-state index in [0.717, 1.165) is 22.4 Å². The van der Waals surface area contributed by atoms with Gasteiger partial charge in [-0.3, -0.25) is 0 Å². The van der Waals surface area contributed by atoms with E-state index in [1.165, 1.54) is 0 Å². The summed E-state index contributed by atoms with van der Waals surface area (Å²) in [7, 11) is 0. The molecule has 0 unspecified atom stereocenters. The van der Waals surface area contributed by atoms with E-state index in [4.69, 9.17) is 18.9 Å². The highest BCUT2D eigenvalue weighted by Crippen LogP contribution is 2.34.